The highest BCUT2D eigenvalue weighted by Crippen LogP contribution is 2.26. The number of hydrogen-bond acceptors (Lipinski definition) is 5. The number of rotatable bonds is 6. The van der Waals surface area contributed by atoms with Crippen molar-refractivity contribution in [3.63, 3.8) is 0 Å². The molecule has 0 saturated carbocycles. The van der Waals surface area contributed by atoms with Crippen LogP contribution in [0.25, 0.3) is 0 Å². The summed E-state index contributed by atoms with van der Waals surface area (Å²) in [5.41, 5.74) is 7.27. The molecule has 0 fully saturated rings. The molecule has 2 rings (SSSR count). The van der Waals surface area contributed by atoms with E-state index in [0.29, 0.717) is 5.75 Å². The predicted octanol–water partition coefficient (Wildman–Crippen LogP) is 3.40. The van der Waals surface area contributed by atoms with Crippen molar-refractivity contribution >= 4 is 17.4 Å². The van der Waals surface area contributed by atoms with Gasteiger partial charge in [-0.2, -0.15) is 0 Å². The van der Waals surface area contributed by atoms with E-state index in [1.165, 1.54) is 12.1 Å². The number of nitro groups is 1. The average molecular weight is 304 g/mol. The minimum absolute atomic E-state index is 0.0961. The van der Waals surface area contributed by atoms with Gasteiger partial charge in [0.25, 0.3) is 5.69 Å². The Hall–Kier alpha value is -2.05. The first kappa shape index (κ1) is 15.3. The Morgan fingerprint density at radius 2 is 1.81 bits per heavy atom. The van der Waals surface area contributed by atoms with Crippen molar-refractivity contribution in [1.29, 1.82) is 0 Å². The van der Waals surface area contributed by atoms with Crippen LogP contribution in [0.2, 0.25) is 0 Å². The zero-order chi connectivity index (χ0) is 15.2. The lowest BCUT2D eigenvalue weighted by atomic mass is 10.1. The lowest BCUT2D eigenvalue weighted by Gasteiger charge is -2.12. The number of methoxy groups -OCH3 is 1. The van der Waals surface area contributed by atoms with Crippen molar-refractivity contribution in [2.45, 2.75) is 10.9 Å². The van der Waals surface area contributed by atoms with Crippen LogP contribution in [0.4, 0.5) is 5.69 Å². The fraction of sp³-hybridized carbons (Fsp3) is 0.200. The van der Waals surface area contributed by atoms with E-state index in [4.69, 9.17) is 10.5 Å². The molecule has 5 nitrogen and oxygen atoms in total. The van der Waals surface area contributed by atoms with E-state index in [2.05, 4.69) is 0 Å². The normalized spacial score (nSPS) is 11.9. The summed E-state index contributed by atoms with van der Waals surface area (Å²) in [6, 6.07) is 14.0. The van der Waals surface area contributed by atoms with Crippen molar-refractivity contribution in [1.82, 2.24) is 0 Å². The fourth-order valence-corrected chi connectivity index (χ4v) is 2.69. The monoisotopic (exact) mass is 304 g/mol. The first-order chi connectivity index (χ1) is 10.1. The fourth-order valence-electron chi connectivity index (χ4n) is 1.80. The van der Waals surface area contributed by atoms with Gasteiger partial charge >= 0.3 is 0 Å². The quantitative estimate of drug-likeness (QED) is 0.503. The van der Waals surface area contributed by atoms with Crippen LogP contribution in [0.3, 0.4) is 0 Å². The molecule has 0 heterocycles. The van der Waals surface area contributed by atoms with Crippen LogP contribution in [-0.4, -0.2) is 17.8 Å². The van der Waals surface area contributed by atoms with Gasteiger partial charge in [0.05, 0.1) is 12.0 Å². The third kappa shape index (κ3) is 4.21. The van der Waals surface area contributed by atoms with Crippen LogP contribution in [-0.2, 0) is 0 Å². The average Bonchev–Trinajstić information content (AvgIpc) is 2.53. The number of non-ortho nitro benzene ring substituents is 1. The summed E-state index contributed by atoms with van der Waals surface area (Å²) in [4.78, 5) is 11.1. The van der Waals surface area contributed by atoms with Crippen LogP contribution in [0.15, 0.2) is 53.4 Å². The maximum Gasteiger partial charge on any atom is 0.269 e. The highest BCUT2D eigenvalue weighted by Gasteiger charge is 2.08. The molecule has 0 aliphatic heterocycles. The van der Waals surface area contributed by atoms with Gasteiger partial charge in [-0.3, -0.25) is 10.1 Å². The molecular formula is C15H16N2O3S. The molecule has 0 aromatic heterocycles. The zero-order valence-corrected chi connectivity index (χ0v) is 12.4. The molecule has 21 heavy (non-hydrogen) atoms. The summed E-state index contributed by atoms with van der Waals surface area (Å²) < 4.78 is 5.11. The Morgan fingerprint density at radius 3 is 2.33 bits per heavy atom. The first-order valence-electron chi connectivity index (χ1n) is 6.37. The summed E-state index contributed by atoms with van der Waals surface area (Å²) in [6.07, 6.45) is 0. The van der Waals surface area contributed by atoms with Gasteiger partial charge in [0.15, 0.2) is 0 Å². The number of hydrogen-bond donors (Lipinski definition) is 1. The second kappa shape index (κ2) is 7.10. The predicted molar refractivity (Wildman–Crippen MR) is 83.7 cm³/mol. The van der Waals surface area contributed by atoms with E-state index in [-0.39, 0.29) is 11.7 Å². The maximum absolute atomic E-state index is 10.6. The van der Waals surface area contributed by atoms with Gasteiger partial charge in [0.1, 0.15) is 5.75 Å². The first-order valence-corrected chi connectivity index (χ1v) is 7.35. The van der Waals surface area contributed by atoms with Crippen molar-refractivity contribution in [2.75, 3.05) is 12.9 Å². The van der Waals surface area contributed by atoms with E-state index < -0.39 is 4.92 Å². The molecule has 1 unspecified atom stereocenters. The van der Waals surface area contributed by atoms with Crippen LogP contribution < -0.4 is 10.5 Å². The molecule has 2 N–H and O–H groups in total. The number of nitrogens with zero attached hydrogens (tertiary/aromatic N) is 1. The van der Waals surface area contributed by atoms with Gasteiger partial charge in [0.2, 0.25) is 0 Å². The molecule has 0 amide bonds. The molecule has 2 aromatic carbocycles. The standard InChI is InChI=1S/C15H16N2O3S/c1-20-13-6-2-11(3-7-13)15(16)10-21-14-8-4-12(5-9-14)17(18)19/h2-9,15H,10,16H2,1H3. The Kier molecular flexibility index (Phi) is 5.19. The molecule has 0 aliphatic rings. The Bertz CT molecular complexity index is 599. The Labute approximate surface area is 127 Å². The largest absolute Gasteiger partial charge is 0.497 e. The lowest BCUT2D eigenvalue weighted by Crippen LogP contribution is -2.12. The van der Waals surface area contributed by atoms with E-state index in [1.807, 2.05) is 24.3 Å². The van der Waals surface area contributed by atoms with Gasteiger partial charge in [-0.05, 0) is 29.8 Å². The third-order valence-corrected chi connectivity index (χ3v) is 4.15. The van der Waals surface area contributed by atoms with Crippen LogP contribution in [0, 0.1) is 10.1 Å². The van der Waals surface area contributed by atoms with Gasteiger partial charge in [-0.1, -0.05) is 12.1 Å². The molecule has 6 heteroatoms. The summed E-state index contributed by atoms with van der Waals surface area (Å²) in [6.45, 7) is 0. The highest BCUT2D eigenvalue weighted by atomic mass is 32.2. The molecule has 0 spiro atoms. The highest BCUT2D eigenvalue weighted by molar-refractivity contribution is 7.99. The lowest BCUT2D eigenvalue weighted by molar-refractivity contribution is -0.384. The minimum Gasteiger partial charge on any atom is -0.497 e. The van der Waals surface area contributed by atoms with E-state index in [1.54, 1.807) is 31.0 Å². The number of nitro benzene ring substituents is 1. The third-order valence-electron chi connectivity index (χ3n) is 3.02. The molecule has 110 valence electrons. The number of thioether (sulfide) groups is 1. The van der Waals surface area contributed by atoms with Crippen molar-refractivity contribution < 1.29 is 9.66 Å². The summed E-state index contributed by atoms with van der Waals surface area (Å²) in [5.74, 6) is 1.50. The van der Waals surface area contributed by atoms with Crippen LogP contribution >= 0.6 is 11.8 Å². The topological polar surface area (TPSA) is 78.4 Å². The van der Waals surface area contributed by atoms with Gasteiger partial charge in [-0.25, -0.2) is 0 Å². The minimum atomic E-state index is -0.405. The molecule has 2 aromatic rings. The number of nitrogens with two attached hydrogens (primary N) is 1. The Morgan fingerprint density at radius 1 is 1.19 bits per heavy atom. The second-order valence-corrected chi connectivity index (χ2v) is 5.54. The maximum atomic E-state index is 10.6. The molecule has 1 atom stereocenters. The van der Waals surface area contributed by atoms with Crippen molar-refractivity contribution in [2.24, 2.45) is 5.73 Å². The summed E-state index contributed by atoms with van der Waals surface area (Å²) in [5, 5.41) is 10.6. The van der Waals surface area contributed by atoms with Crippen LogP contribution in [0.5, 0.6) is 5.75 Å². The SMILES string of the molecule is COc1ccc(C(N)CSc2ccc([N+](=O)[O-])cc2)cc1. The molecular weight excluding hydrogens is 288 g/mol. The molecule has 0 radical (unpaired) electrons. The van der Waals surface area contributed by atoms with E-state index in [9.17, 15) is 10.1 Å². The molecule has 0 bridgehead atoms. The zero-order valence-electron chi connectivity index (χ0n) is 11.6. The van der Waals surface area contributed by atoms with Gasteiger partial charge < -0.3 is 10.5 Å². The van der Waals surface area contributed by atoms with E-state index >= 15 is 0 Å². The van der Waals surface area contributed by atoms with Gasteiger partial charge in [-0.15, -0.1) is 11.8 Å². The second-order valence-electron chi connectivity index (χ2n) is 4.44. The summed E-state index contributed by atoms with van der Waals surface area (Å²) in [7, 11) is 1.62. The summed E-state index contributed by atoms with van der Waals surface area (Å²) >= 11 is 1.57. The smallest absolute Gasteiger partial charge is 0.269 e. The van der Waals surface area contributed by atoms with Crippen molar-refractivity contribution in [3.05, 3.63) is 64.2 Å². The Balaban J connectivity index is 1.93. The van der Waals surface area contributed by atoms with Crippen molar-refractivity contribution in [3.8, 4) is 5.75 Å². The van der Waals surface area contributed by atoms with Crippen LogP contribution in [0.1, 0.15) is 11.6 Å². The molecule has 0 aliphatic carbocycles. The van der Waals surface area contributed by atoms with E-state index in [0.717, 1.165) is 16.2 Å². The molecule has 0 saturated heterocycles. The number of benzene rings is 2. The number of ether oxygens (including phenoxy) is 1. The van der Waals surface area contributed by atoms with Gasteiger partial charge in [0, 0.05) is 28.8 Å².